The molecule has 0 unspecified atom stereocenters. The van der Waals surface area contributed by atoms with Crippen molar-refractivity contribution >= 4 is 17.3 Å². The molecule has 1 amide bonds. The van der Waals surface area contributed by atoms with E-state index in [1.165, 1.54) is 11.0 Å². The van der Waals surface area contributed by atoms with E-state index in [9.17, 15) is 9.90 Å². The number of hydrogen-bond acceptors (Lipinski definition) is 3. The molecule has 0 fully saturated rings. The van der Waals surface area contributed by atoms with Crippen LogP contribution in [-0.2, 0) is 0 Å². The lowest BCUT2D eigenvalue weighted by atomic mass is 10.1. The van der Waals surface area contributed by atoms with Crippen molar-refractivity contribution in [2.24, 2.45) is 0 Å². The van der Waals surface area contributed by atoms with Gasteiger partial charge in [0.05, 0.1) is 0 Å². The average Bonchev–Trinajstić information content (AvgIpc) is 2.37. The number of hydrogen-bond donors (Lipinski definition) is 2. The van der Waals surface area contributed by atoms with Crippen molar-refractivity contribution in [2.45, 2.75) is 0 Å². The van der Waals surface area contributed by atoms with Gasteiger partial charge in [-0.25, -0.2) is 0 Å². The van der Waals surface area contributed by atoms with Crippen LogP contribution in [0, 0.1) is 0 Å². The van der Waals surface area contributed by atoms with Crippen molar-refractivity contribution in [3.8, 4) is 5.75 Å². The number of carbonyl (C=O) groups excluding carboxylic acids is 1. The first-order valence-corrected chi connectivity index (χ1v) is 5.50. The van der Waals surface area contributed by atoms with Gasteiger partial charge in [-0.15, -0.1) is 0 Å². The molecule has 0 saturated heterocycles. The third kappa shape index (κ3) is 2.43. The summed E-state index contributed by atoms with van der Waals surface area (Å²) >= 11 is 0. The summed E-state index contributed by atoms with van der Waals surface area (Å²) in [7, 11) is 1.65. The Hall–Kier alpha value is -2.49. The molecule has 2 aromatic carbocycles. The number of benzene rings is 2. The molecule has 4 nitrogen and oxygen atoms in total. The summed E-state index contributed by atoms with van der Waals surface area (Å²) < 4.78 is 0. The molecule has 0 aliphatic carbocycles. The van der Waals surface area contributed by atoms with Crippen molar-refractivity contribution in [3.05, 3.63) is 54.1 Å². The Morgan fingerprint density at radius 2 is 1.89 bits per heavy atom. The molecule has 4 heteroatoms. The van der Waals surface area contributed by atoms with Crippen LogP contribution in [0.25, 0.3) is 0 Å². The van der Waals surface area contributed by atoms with E-state index in [1.807, 2.05) is 0 Å². The summed E-state index contributed by atoms with van der Waals surface area (Å²) in [6.45, 7) is 0. The summed E-state index contributed by atoms with van der Waals surface area (Å²) in [6, 6.07) is 13.3. The van der Waals surface area contributed by atoms with E-state index < -0.39 is 0 Å². The molecule has 2 rings (SSSR count). The molecule has 3 N–H and O–H groups in total. The Morgan fingerprint density at radius 1 is 1.17 bits per heavy atom. The molecular formula is C14H14N2O2. The molecule has 18 heavy (non-hydrogen) atoms. The number of aromatic hydroxyl groups is 1. The molecule has 2 aromatic rings. The molecule has 0 spiro atoms. The maximum Gasteiger partial charge on any atom is 0.258 e. The van der Waals surface area contributed by atoms with Crippen molar-refractivity contribution in [1.29, 1.82) is 0 Å². The topological polar surface area (TPSA) is 66.6 Å². The SMILES string of the molecule is CN(C(=O)c1cccc(N)c1)c1cccc(O)c1. The molecule has 0 saturated carbocycles. The van der Waals surface area contributed by atoms with Crippen LogP contribution in [0.2, 0.25) is 0 Å². The highest BCUT2D eigenvalue weighted by Crippen LogP contribution is 2.21. The van der Waals surface area contributed by atoms with E-state index in [4.69, 9.17) is 5.73 Å². The minimum atomic E-state index is -0.173. The third-order valence-corrected chi connectivity index (χ3v) is 2.66. The zero-order chi connectivity index (χ0) is 13.1. The molecule has 0 radical (unpaired) electrons. The van der Waals surface area contributed by atoms with E-state index in [-0.39, 0.29) is 11.7 Å². The molecule has 92 valence electrons. The Balaban J connectivity index is 2.29. The first-order chi connectivity index (χ1) is 8.58. The number of carbonyl (C=O) groups is 1. The number of phenols is 1. The lowest BCUT2D eigenvalue weighted by Gasteiger charge is -2.17. The van der Waals surface area contributed by atoms with Crippen LogP contribution in [0.4, 0.5) is 11.4 Å². The van der Waals surface area contributed by atoms with Gasteiger partial charge in [-0.05, 0) is 30.3 Å². The number of amides is 1. The smallest absolute Gasteiger partial charge is 0.258 e. The quantitative estimate of drug-likeness (QED) is 0.794. The predicted octanol–water partition coefficient (Wildman–Crippen LogP) is 2.25. The van der Waals surface area contributed by atoms with Gasteiger partial charge < -0.3 is 15.7 Å². The number of anilines is 2. The maximum atomic E-state index is 12.2. The van der Waals surface area contributed by atoms with Crippen LogP contribution in [0.5, 0.6) is 5.75 Å². The van der Waals surface area contributed by atoms with Crippen LogP contribution in [0.1, 0.15) is 10.4 Å². The van der Waals surface area contributed by atoms with Crippen molar-refractivity contribution < 1.29 is 9.90 Å². The number of nitrogens with zero attached hydrogens (tertiary/aromatic N) is 1. The Morgan fingerprint density at radius 3 is 2.56 bits per heavy atom. The highest BCUT2D eigenvalue weighted by molar-refractivity contribution is 6.06. The van der Waals surface area contributed by atoms with Gasteiger partial charge in [0.1, 0.15) is 5.75 Å². The van der Waals surface area contributed by atoms with Gasteiger partial charge in [0.25, 0.3) is 5.91 Å². The molecule has 0 bridgehead atoms. The fourth-order valence-corrected chi connectivity index (χ4v) is 1.68. The van der Waals surface area contributed by atoms with Gasteiger partial charge >= 0.3 is 0 Å². The van der Waals surface area contributed by atoms with E-state index in [0.29, 0.717) is 16.9 Å². The fourth-order valence-electron chi connectivity index (χ4n) is 1.68. The zero-order valence-electron chi connectivity index (χ0n) is 10.00. The van der Waals surface area contributed by atoms with Crippen molar-refractivity contribution in [2.75, 3.05) is 17.7 Å². The first-order valence-electron chi connectivity index (χ1n) is 5.50. The summed E-state index contributed by atoms with van der Waals surface area (Å²) in [5.74, 6) is -0.0485. The summed E-state index contributed by atoms with van der Waals surface area (Å²) in [5, 5.41) is 9.40. The summed E-state index contributed by atoms with van der Waals surface area (Å²) in [5.41, 5.74) is 7.34. The highest BCUT2D eigenvalue weighted by atomic mass is 16.3. The Bertz CT molecular complexity index is 582. The van der Waals surface area contributed by atoms with Gasteiger partial charge in [0.2, 0.25) is 0 Å². The highest BCUT2D eigenvalue weighted by Gasteiger charge is 2.13. The standard InChI is InChI=1S/C14H14N2O2/c1-16(12-6-3-7-13(17)9-12)14(18)10-4-2-5-11(15)8-10/h2-9,17H,15H2,1H3. The fraction of sp³-hybridized carbons (Fsp3) is 0.0714. The van der Waals surface area contributed by atoms with Crippen molar-refractivity contribution in [3.63, 3.8) is 0 Å². The third-order valence-electron chi connectivity index (χ3n) is 2.66. The van der Waals surface area contributed by atoms with E-state index in [0.717, 1.165) is 0 Å². The molecule has 0 heterocycles. The minimum Gasteiger partial charge on any atom is -0.508 e. The molecule has 0 aliphatic rings. The first kappa shape index (κ1) is 12.0. The number of nitrogens with two attached hydrogens (primary N) is 1. The van der Waals surface area contributed by atoms with E-state index in [1.54, 1.807) is 49.5 Å². The normalized spacial score (nSPS) is 10.1. The second-order valence-electron chi connectivity index (χ2n) is 4.01. The van der Waals surface area contributed by atoms with E-state index >= 15 is 0 Å². The van der Waals surface area contributed by atoms with Gasteiger partial charge in [-0.1, -0.05) is 12.1 Å². The number of nitrogen functional groups attached to an aromatic ring is 1. The van der Waals surface area contributed by atoms with E-state index in [2.05, 4.69) is 0 Å². The van der Waals surface area contributed by atoms with Gasteiger partial charge in [0, 0.05) is 30.1 Å². The number of phenolic OH excluding ortho intramolecular Hbond substituents is 1. The second kappa shape index (κ2) is 4.79. The Labute approximate surface area is 105 Å². The van der Waals surface area contributed by atoms with Gasteiger partial charge in [0.15, 0.2) is 0 Å². The van der Waals surface area contributed by atoms with Crippen LogP contribution in [-0.4, -0.2) is 18.1 Å². The summed E-state index contributed by atoms with van der Waals surface area (Å²) in [4.78, 5) is 13.7. The predicted molar refractivity (Wildman–Crippen MR) is 71.7 cm³/mol. The van der Waals surface area contributed by atoms with Crippen LogP contribution < -0.4 is 10.6 Å². The van der Waals surface area contributed by atoms with Crippen molar-refractivity contribution in [1.82, 2.24) is 0 Å². The summed E-state index contributed by atoms with van der Waals surface area (Å²) in [6.07, 6.45) is 0. The maximum absolute atomic E-state index is 12.2. The van der Waals surface area contributed by atoms with Gasteiger partial charge in [-0.2, -0.15) is 0 Å². The monoisotopic (exact) mass is 242 g/mol. The molecular weight excluding hydrogens is 228 g/mol. The van der Waals surface area contributed by atoms with Gasteiger partial charge in [-0.3, -0.25) is 4.79 Å². The zero-order valence-corrected chi connectivity index (χ0v) is 10.00. The Kier molecular flexibility index (Phi) is 3.19. The molecule has 0 aromatic heterocycles. The lowest BCUT2D eigenvalue weighted by molar-refractivity contribution is 0.0993. The molecule has 0 atom stereocenters. The average molecular weight is 242 g/mol. The lowest BCUT2D eigenvalue weighted by Crippen LogP contribution is -2.26. The minimum absolute atomic E-state index is 0.125. The van der Waals surface area contributed by atoms with Crippen LogP contribution >= 0.6 is 0 Å². The van der Waals surface area contributed by atoms with Crippen LogP contribution in [0.3, 0.4) is 0 Å². The largest absolute Gasteiger partial charge is 0.508 e. The number of rotatable bonds is 2. The molecule has 0 aliphatic heterocycles. The van der Waals surface area contributed by atoms with Crippen LogP contribution in [0.15, 0.2) is 48.5 Å². The second-order valence-corrected chi connectivity index (χ2v) is 4.01.